The van der Waals surface area contributed by atoms with Gasteiger partial charge in [-0.05, 0) is 30.5 Å². The van der Waals surface area contributed by atoms with Crippen molar-refractivity contribution in [3.8, 4) is 0 Å². The summed E-state index contributed by atoms with van der Waals surface area (Å²) in [5.41, 5.74) is 2.14. The lowest BCUT2D eigenvalue weighted by molar-refractivity contribution is -0.121. The van der Waals surface area contributed by atoms with Gasteiger partial charge in [0.15, 0.2) is 0 Å². The van der Waals surface area contributed by atoms with Crippen molar-refractivity contribution in [2.24, 2.45) is 0 Å². The van der Waals surface area contributed by atoms with E-state index in [1.165, 1.54) is 5.56 Å². The van der Waals surface area contributed by atoms with E-state index in [0.29, 0.717) is 19.4 Å². The number of para-hydroxylation sites is 1. The van der Waals surface area contributed by atoms with E-state index in [1.54, 1.807) is 4.90 Å². The molecular weight excluding hydrogens is 300 g/mol. The van der Waals surface area contributed by atoms with Gasteiger partial charge in [0.2, 0.25) is 11.8 Å². The zero-order valence-corrected chi connectivity index (χ0v) is 13.7. The lowest BCUT2D eigenvalue weighted by atomic mass is 10.1. The van der Waals surface area contributed by atoms with Crippen molar-refractivity contribution in [3.05, 3.63) is 66.2 Å². The smallest absolute Gasteiger partial charge is 0.229 e. The summed E-state index contributed by atoms with van der Waals surface area (Å²) in [5.74, 6) is 0.0921. The van der Waals surface area contributed by atoms with Crippen LogP contribution in [0.25, 0.3) is 0 Å². The summed E-state index contributed by atoms with van der Waals surface area (Å²) >= 11 is 0. The highest BCUT2D eigenvalue weighted by Crippen LogP contribution is 2.21. The van der Waals surface area contributed by atoms with Gasteiger partial charge in [-0.3, -0.25) is 9.59 Å². The second kappa shape index (κ2) is 7.77. The number of anilines is 1. The third kappa shape index (κ3) is 4.22. The molecule has 0 bridgehead atoms. The molecule has 3 rings (SSSR count). The Kier molecular flexibility index (Phi) is 5.26. The van der Waals surface area contributed by atoms with Crippen LogP contribution in [0.3, 0.4) is 0 Å². The molecular formula is C20H22N2O2. The molecule has 0 radical (unpaired) electrons. The fourth-order valence-corrected chi connectivity index (χ4v) is 3.06. The summed E-state index contributed by atoms with van der Waals surface area (Å²) in [6.07, 6.45) is 2.58. The number of carbonyl (C=O) groups is 2. The Bertz CT molecular complexity index is 685. The number of amides is 2. The fraction of sp³-hybridized carbons (Fsp3) is 0.300. The highest BCUT2D eigenvalue weighted by atomic mass is 16.2. The lowest BCUT2D eigenvalue weighted by Crippen LogP contribution is -2.37. The molecule has 24 heavy (non-hydrogen) atoms. The summed E-state index contributed by atoms with van der Waals surface area (Å²) in [7, 11) is 0. The first-order chi connectivity index (χ1) is 11.7. The lowest BCUT2D eigenvalue weighted by Gasteiger charge is -2.17. The average molecular weight is 322 g/mol. The van der Waals surface area contributed by atoms with Crippen LogP contribution < -0.4 is 10.2 Å². The van der Waals surface area contributed by atoms with Gasteiger partial charge >= 0.3 is 0 Å². The van der Waals surface area contributed by atoms with Gasteiger partial charge in [-0.2, -0.15) is 0 Å². The van der Waals surface area contributed by atoms with Crippen LogP contribution in [-0.4, -0.2) is 24.4 Å². The van der Waals surface area contributed by atoms with E-state index in [9.17, 15) is 9.59 Å². The van der Waals surface area contributed by atoms with Crippen LogP contribution in [0.5, 0.6) is 0 Å². The van der Waals surface area contributed by atoms with E-state index < -0.39 is 0 Å². The summed E-state index contributed by atoms with van der Waals surface area (Å²) in [6.45, 7) is 0.549. The van der Waals surface area contributed by atoms with E-state index in [0.717, 1.165) is 18.5 Å². The van der Waals surface area contributed by atoms with Gasteiger partial charge in [0.25, 0.3) is 0 Å². The first-order valence-corrected chi connectivity index (χ1v) is 8.41. The van der Waals surface area contributed by atoms with Gasteiger partial charge in [0, 0.05) is 25.1 Å². The van der Waals surface area contributed by atoms with Gasteiger partial charge in [-0.15, -0.1) is 0 Å². The van der Waals surface area contributed by atoms with E-state index in [1.807, 2.05) is 48.5 Å². The molecule has 0 aromatic heterocycles. The monoisotopic (exact) mass is 322 g/mol. The van der Waals surface area contributed by atoms with Crippen molar-refractivity contribution >= 4 is 17.5 Å². The van der Waals surface area contributed by atoms with Gasteiger partial charge < -0.3 is 10.2 Å². The molecule has 2 aromatic carbocycles. The number of nitrogens with zero attached hydrogens (tertiary/aromatic N) is 1. The molecule has 1 unspecified atom stereocenters. The van der Waals surface area contributed by atoms with Crippen LogP contribution in [0.1, 0.15) is 24.8 Å². The number of hydrogen-bond acceptors (Lipinski definition) is 2. The minimum Gasteiger partial charge on any atom is -0.351 e. The number of benzene rings is 2. The van der Waals surface area contributed by atoms with E-state index >= 15 is 0 Å². The maximum Gasteiger partial charge on any atom is 0.229 e. The first kappa shape index (κ1) is 16.2. The molecule has 1 heterocycles. The molecule has 0 aliphatic carbocycles. The van der Waals surface area contributed by atoms with Crippen molar-refractivity contribution in [1.82, 2.24) is 5.32 Å². The zero-order chi connectivity index (χ0) is 16.8. The SMILES string of the molecule is O=C(CCCc1ccccc1)NC1CC(=O)N(c2ccccc2)C1. The maximum atomic E-state index is 12.1. The molecule has 2 amide bonds. The van der Waals surface area contributed by atoms with Crippen molar-refractivity contribution in [3.63, 3.8) is 0 Å². The minimum atomic E-state index is -0.0954. The molecule has 4 nitrogen and oxygen atoms in total. The Balaban J connectivity index is 1.45. The van der Waals surface area contributed by atoms with Crippen LogP contribution in [-0.2, 0) is 16.0 Å². The first-order valence-electron chi connectivity index (χ1n) is 8.41. The Morgan fingerprint density at radius 1 is 1.04 bits per heavy atom. The zero-order valence-electron chi connectivity index (χ0n) is 13.7. The van der Waals surface area contributed by atoms with Crippen molar-refractivity contribution in [2.75, 3.05) is 11.4 Å². The summed E-state index contributed by atoms with van der Waals surface area (Å²) in [6, 6.07) is 19.7. The third-order valence-electron chi connectivity index (χ3n) is 4.27. The van der Waals surface area contributed by atoms with Gasteiger partial charge in [-0.1, -0.05) is 48.5 Å². The normalized spacial score (nSPS) is 17.1. The quantitative estimate of drug-likeness (QED) is 0.889. The number of aryl methyl sites for hydroxylation is 1. The molecule has 2 aromatic rings. The highest BCUT2D eigenvalue weighted by Gasteiger charge is 2.31. The number of hydrogen-bond donors (Lipinski definition) is 1. The second-order valence-electron chi connectivity index (χ2n) is 6.15. The summed E-state index contributed by atoms with van der Waals surface area (Å²) < 4.78 is 0. The van der Waals surface area contributed by atoms with E-state index in [4.69, 9.17) is 0 Å². The second-order valence-corrected chi connectivity index (χ2v) is 6.15. The van der Waals surface area contributed by atoms with Crippen LogP contribution in [0, 0.1) is 0 Å². The van der Waals surface area contributed by atoms with Gasteiger partial charge in [0.05, 0.1) is 6.04 Å². The molecule has 1 fully saturated rings. The van der Waals surface area contributed by atoms with Crippen molar-refractivity contribution in [1.29, 1.82) is 0 Å². The Hall–Kier alpha value is -2.62. The van der Waals surface area contributed by atoms with Crippen molar-refractivity contribution in [2.45, 2.75) is 31.7 Å². The molecule has 1 aliphatic rings. The molecule has 0 saturated carbocycles. The Morgan fingerprint density at radius 3 is 2.42 bits per heavy atom. The van der Waals surface area contributed by atoms with Crippen LogP contribution in [0.15, 0.2) is 60.7 Å². The van der Waals surface area contributed by atoms with Gasteiger partial charge in [-0.25, -0.2) is 0 Å². The van der Waals surface area contributed by atoms with E-state index in [2.05, 4.69) is 17.4 Å². The van der Waals surface area contributed by atoms with Gasteiger partial charge in [0.1, 0.15) is 0 Å². The number of carbonyl (C=O) groups excluding carboxylic acids is 2. The third-order valence-corrected chi connectivity index (χ3v) is 4.27. The van der Waals surface area contributed by atoms with Crippen LogP contribution in [0.2, 0.25) is 0 Å². The summed E-state index contributed by atoms with van der Waals surface area (Å²) in [4.78, 5) is 26.0. The fourth-order valence-electron chi connectivity index (χ4n) is 3.06. The molecule has 1 aliphatic heterocycles. The topological polar surface area (TPSA) is 49.4 Å². The molecule has 1 N–H and O–H groups in total. The molecule has 1 atom stereocenters. The number of rotatable bonds is 6. The Labute approximate surface area is 142 Å². The average Bonchev–Trinajstić information content (AvgIpc) is 2.97. The van der Waals surface area contributed by atoms with Crippen LogP contribution >= 0.6 is 0 Å². The Morgan fingerprint density at radius 2 is 1.71 bits per heavy atom. The predicted octanol–water partition coefficient (Wildman–Crippen LogP) is 2.93. The highest BCUT2D eigenvalue weighted by molar-refractivity contribution is 5.96. The standard InChI is InChI=1S/C20H22N2O2/c23-19(13-7-10-16-8-3-1-4-9-16)21-17-14-20(24)22(15-17)18-11-5-2-6-12-18/h1-6,8-9,11-12,17H,7,10,13-15H2,(H,21,23). The van der Waals surface area contributed by atoms with Crippen molar-refractivity contribution < 1.29 is 9.59 Å². The van der Waals surface area contributed by atoms with Crippen LogP contribution in [0.4, 0.5) is 5.69 Å². The number of nitrogens with one attached hydrogen (secondary N) is 1. The molecule has 1 saturated heterocycles. The summed E-state index contributed by atoms with van der Waals surface area (Å²) in [5, 5.41) is 2.99. The maximum absolute atomic E-state index is 12.1. The van der Waals surface area contributed by atoms with E-state index in [-0.39, 0.29) is 17.9 Å². The minimum absolute atomic E-state index is 0.0265. The molecule has 124 valence electrons. The molecule has 0 spiro atoms. The molecule has 4 heteroatoms. The predicted molar refractivity (Wildman–Crippen MR) is 94.7 cm³/mol. The largest absolute Gasteiger partial charge is 0.351 e.